The molecule has 3 aromatic heterocycles. The van der Waals surface area contributed by atoms with Crippen LogP contribution in [-0.2, 0) is 17.6 Å². The molecule has 1 amide bonds. The van der Waals surface area contributed by atoms with Gasteiger partial charge >= 0.3 is 0 Å². The number of aryl methyl sites for hydroxylation is 1. The Morgan fingerprint density at radius 3 is 2.84 bits per heavy atom. The standard InChI is InChI=1S/C22H18N6O2S/c1-13-3-2-4-15(24-13)14-5-6-16-17(9-14)31-21(25-16)11-20-28-27-19(30-20)10-18(29)26-22(12-23)7-8-22/h2-6,9H,7-8,10-11H2,1H3,(H,26,29). The number of pyridine rings is 1. The van der Waals surface area contributed by atoms with E-state index in [9.17, 15) is 4.79 Å². The summed E-state index contributed by atoms with van der Waals surface area (Å²) in [6.45, 7) is 1.97. The summed E-state index contributed by atoms with van der Waals surface area (Å²) in [5, 5.41) is 20.6. The minimum absolute atomic E-state index is 0.0386. The lowest BCUT2D eigenvalue weighted by molar-refractivity contribution is -0.121. The second-order valence-corrected chi connectivity index (χ2v) is 8.75. The Bertz CT molecular complexity index is 1330. The van der Waals surface area contributed by atoms with Crippen LogP contribution in [0.3, 0.4) is 0 Å². The molecule has 0 saturated heterocycles. The highest BCUT2D eigenvalue weighted by molar-refractivity contribution is 7.18. The van der Waals surface area contributed by atoms with Crippen molar-refractivity contribution in [1.82, 2.24) is 25.5 Å². The van der Waals surface area contributed by atoms with Crippen molar-refractivity contribution in [2.45, 2.75) is 38.1 Å². The SMILES string of the molecule is Cc1cccc(-c2ccc3nc(Cc4nnc(CC(=O)NC5(C#N)CC5)o4)sc3c2)n1. The molecule has 31 heavy (non-hydrogen) atoms. The first kappa shape index (κ1) is 19.3. The smallest absolute Gasteiger partial charge is 0.230 e. The van der Waals surface area contributed by atoms with E-state index in [4.69, 9.17) is 9.68 Å². The first-order chi connectivity index (χ1) is 15.0. The van der Waals surface area contributed by atoms with Gasteiger partial charge in [0.15, 0.2) is 0 Å². The Morgan fingerprint density at radius 1 is 1.23 bits per heavy atom. The van der Waals surface area contributed by atoms with Crippen molar-refractivity contribution in [3.63, 3.8) is 0 Å². The summed E-state index contributed by atoms with van der Waals surface area (Å²) in [5.74, 6) is 0.352. The van der Waals surface area contributed by atoms with Crippen molar-refractivity contribution in [3.8, 4) is 17.3 Å². The molecule has 3 heterocycles. The van der Waals surface area contributed by atoms with Gasteiger partial charge in [-0.15, -0.1) is 21.5 Å². The van der Waals surface area contributed by atoms with Crippen LogP contribution in [0.4, 0.5) is 0 Å². The highest BCUT2D eigenvalue weighted by Crippen LogP contribution is 2.34. The van der Waals surface area contributed by atoms with Gasteiger partial charge in [-0.05, 0) is 44.0 Å². The van der Waals surface area contributed by atoms with Crippen LogP contribution in [0.15, 0.2) is 40.8 Å². The summed E-state index contributed by atoms with van der Waals surface area (Å²) < 4.78 is 6.68. The number of thiazole rings is 1. The van der Waals surface area contributed by atoms with Crippen LogP contribution in [-0.4, -0.2) is 31.6 Å². The van der Waals surface area contributed by atoms with E-state index in [-0.39, 0.29) is 18.2 Å². The molecule has 1 saturated carbocycles. The third kappa shape index (κ3) is 4.15. The molecule has 1 aliphatic carbocycles. The first-order valence-electron chi connectivity index (χ1n) is 9.89. The predicted molar refractivity (Wildman–Crippen MR) is 114 cm³/mol. The molecule has 0 spiro atoms. The van der Waals surface area contributed by atoms with Gasteiger partial charge in [0.05, 0.1) is 28.4 Å². The number of nitrogens with one attached hydrogen (secondary N) is 1. The molecule has 154 valence electrons. The predicted octanol–water partition coefficient (Wildman–Crippen LogP) is 3.36. The molecule has 4 aromatic rings. The molecule has 1 aliphatic rings. The molecular formula is C22H18N6O2S. The lowest BCUT2D eigenvalue weighted by atomic mass is 10.1. The third-order valence-electron chi connectivity index (χ3n) is 5.08. The molecule has 1 fully saturated rings. The van der Waals surface area contributed by atoms with Crippen LogP contribution in [0.25, 0.3) is 21.5 Å². The maximum atomic E-state index is 12.1. The van der Waals surface area contributed by atoms with E-state index in [1.54, 1.807) is 11.3 Å². The molecule has 9 heteroatoms. The molecule has 0 atom stereocenters. The molecular weight excluding hydrogens is 412 g/mol. The fourth-order valence-electron chi connectivity index (χ4n) is 3.31. The Kier molecular flexibility index (Phi) is 4.71. The highest BCUT2D eigenvalue weighted by Gasteiger charge is 2.44. The normalized spacial score (nSPS) is 14.3. The molecule has 0 aliphatic heterocycles. The van der Waals surface area contributed by atoms with Gasteiger partial charge in [-0.25, -0.2) is 4.98 Å². The van der Waals surface area contributed by atoms with Gasteiger partial charge in [-0.2, -0.15) is 5.26 Å². The number of nitriles is 1. The average molecular weight is 430 g/mol. The number of fused-ring (bicyclic) bond motifs is 1. The number of benzene rings is 1. The highest BCUT2D eigenvalue weighted by atomic mass is 32.1. The zero-order chi connectivity index (χ0) is 21.4. The Morgan fingerprint density at radius 2 is 2.06 bits per heavy atom. The fourth-order valence-corrected chi connectivity index (χ4v) is 4.31. The Hall–Kier alpha value is -3.64. The van der Waals surface area contributed by atoms with Gasteiger partial charge in [0.1, 0.15) is 17.0 Å². The Labute approximate surface area is 182 Å². The van der Waals surface area contributed by atoms with Gasteiger partial charge in [0, 0.05) is 11.3 Å². The first-order valence-corrected chi connectivity index (χ1v) is 10.7. The van der Waals surface area contributed by atoms with E-state index < -0.39 is 5.54 Å². The minimum Gasteiger partial charge on any atom is -0.424 e. The van der Waals surface area contributed by atoms with Crippen molar-refractivity contribution >= 4 is 27.5 Å². The van der Waals surface area contributed by atoms with Crippen molar-refractivity contribution in [2.24, 2.45) is 0 Å². The topological polar surface area (TPSA) is 118 Å². The number of amides is 1. The largest absolute Gasteiger partial charge is 0.424 e. The number of carbonyl (C=O) groups excluding carboxylic acids is 1. The van der Waals surface area contributed by atoms with Crippen molar-refractivity contribution in [2.75, 3.05) is 0 Å². The van der Waals surface area contributed by atoms with Crippen LogP contribution < -0.4 is 5.32 Å². The van der Waals surface area contributed by atoms with Crippen LogP contribution in [0, 0.1) is 18.3 Å². The van der Waals surface area contributed by atoms with Crippen LogP contribution in [0.5, 0.6) is 0 Å². The summed E-state index contributed by atoms with van der Waals surface area (Å²) >= 11 is 1.57. The molecule has 1 aromatic carbocycles. The van der Waals surface area contributed by atoms with Crippen LogP contribution in [0.2, 0.25) is 0 Å². The second-order valence-electron chi connectivity index (χ2n) is 7.64. The van der Waals surface area contributed by atoms with Crippen LogP contribution >= 0.6 is 11.3 Å². The van der Waals surface area contributed by atoms with Crippen LogP contribution in [0.1, 0.15) is 35.3 Å². The lowest BCUT2D eigenvalue weighted by Gasteiger charge is -2.06. The molecule has 0 radical (unpaired) electrons. The number of aromatic nitrogens is 4. The summed E-state index contributed by atoms with van der Waals surface area (Å²) in [4.78, 5) is 21.3. The number of nitrogens with zero attached hydrogens (tertiary/aromatic N) is 5. The molecule has 1 N–H and O–H groups in total. The number of hydrogen-bond donors (Lipinski definition) is 1. The summed E-state index contributed by atoms with van der Waals surface area (Å²) in [6.07, 6.45) is 1.73. The summed E-state index contributed by atoms with van der Waals surface area (Å²) in [7, 11) is 0. The van der Waals surface area contributed by atoms with E-state index in [1.807, 2.05) is 37.3 Å². The average Bonchev–Trinajstić information content (AvgIpc) is 3.19. The van der Waals surface area contributed by atoms with Crippen molar-refractivity contribution < 1.29 is 9.21 Å². The number of rotatable bonds is 6. The zero-order valence-corrected chi connectivity index (χ0v) is 17.6. The molecule has 5 rings (SSSR count). The van der Waals surface area contributed by atoms with E-state index >= 15 is 0 Å². The van der Waals surface area contributed by atoms with Gasteiger partial charge in [-0.1, -0.05) is 12.1 Å². The third-order valence-corrected chi connectivity index (χ3v) is 6.10. The minimum atomic E-state index is -0.701. The van der Waals surface area contributed by atoms with Gasteiger partial charge < -0.3 is 9.73 Å². The van der Waals surface area contributed by atoms with E-state index in [2.05, 4.69) is 37.6 Å². The van der Waals surface area contributed by atoms with Crippen molar-refractivity contribution in [3.05, 3.63) is 58.9 Å². The number of hydrogen-bond acceptors (Lipinski definition) is 8. The molecule has 8 nitrogen and oxygen atoms in total. The summed E-state index contributed by atoms with van der Waals surface area (Å²) in [5.41, 5.74) is 3.16. The van der Waals surface area contributed by atoms with Gasteiger partial charge in [0.2, 0.25) is 17.7 Å². The maximum absolute atomic E-state index is 12.1. The monoisotopic (exact) mass is 430 g/mol. The Balaban J connectivity index is 1.28. The quantitative estimate of drug-likeness (QED) is 0.498. The van der Waals surface area contributed by atoms with Gasteiger partial charge in [0.25, 0.3) is 0 Å². The van der Waals surface area contributed by atoms with Gasteiger partial charge in [-0.3, -0.25) is 9.78 Å². The second kappa shape index (κ2) is 7.56. The maximum Gasteiger partial charge on any atom is 0.230 e. The molecule has 0 unspecified atom stereocenters. The van der Waals surface area contributed by atoms with E-state index in [0.717, 1.165) is 32.2 Å². The number of carbonyl (C=O) groups is 1. The fraction of sp³-hybridized carbons (Fsp3) is 0.273. The zero-order valence-electron chi connectivity index (χ0n) is 16.8. The van der Waals surface area contributed by atoms with Crippen molar-refractivity contribution in [1.29, 1.82) is 5.26 Å². The molecule has 0 bridgehead atoms. The summed E-state index contributed by atoms with van der Waals surface area (Å²) in [6, 6.07) is 14.2. The lowest BCUT2D eigenvalue weighted by Crippen LogP contribution is -2.36. The van der Waals surface area contributed by atoms with E-state index in [0.29, 0.717) is 25.2 Å². The van der Waals surface area contributed by atoms with E-state index in [1.165, 1.54) is 0 Å².